The summed E-state index contributed by atoms with van der Waals surface area (Å²) in [5.74, 6) is 0.721. The van der Waals surface area contributed by atoms with E-state index >= 15 is 0 Å². The molecule has 1 aromatic heterocycles. The maximum Gasteiger partial charge on any atom is 0.0564 e. The van der Waals surface area contributed by atoms with E-state index in [2.05, 4.69) is 37.8 Å². The first-order valence-corrected chi connectivity index (χ1v) is 8.80. The molecule has 120 valence electrons. The Labute approximate surface area is 133 Å². The van der Waals surface area contributed by atoms with Gasteiger partial charge in [-0.1, -0.05) is 20.8 Å². The van der Waals surface area contributed by atoms with Crippen LogP contribution in [0.1, 0.15) is 49.4 Å². The summed E-state index contributed by atoms with van der Waals surface area (Å²) < 4.78 is 5.29. The third-order valence-electron chi connectivity index (χ3n) is 4.41. The maximum atomic E-state index is 6.09. The van der Waals surface area contributed by atoms with Gasteiger partial charge in [0.1, 0.15) is 0 Å². The minimum atomic E-state index is 0.230. The molecule has 1 saturated heterocycles. The molecule has 0 aliphatic carbocycles. The average molecular weight is 311 g/mol. The molecule has 0 saturated carbocycles. The topological polar surface area (TPSA) is 38.5 Å². The summed E-state index contributed by atoms with van der Waals surface area (Å²) in [7, 11) is 1.80. The van der Waals surface area contributed by atoms with Crippen LogP contribution in [-0.2, 0) is 10.2 Å². The lowest BCUT2D eigenvalue weighted by Gasteiger charge is -2.36. The van der Waals surface area contributed by atoms with Crippen molar-refractivity contribution < 1.29 is 4.74 Å². The van der Waals surface area contributed by atoms with E-state index in [0.717, 1.165) is 25.6 Å². The molecule has 4 heteroatoms. The predicted octanol–water partition coefficient (Wildman–Crippen LogP) is 3.40. The number of hydrogen-bond donors (Lipinski definition) is 1. The fraction of sp³-hybridized carbons (Fsp3) is 0.765. The largest absolute Gasteiger partial charge is 0.384 e. The first-order valence-electron chi connectivity index (χ1n) is 7.99. The Bertz CT molecular complexity index is 430. The molecule has 2 N–H and O–H groups in total. The molecule has 1 fully saturated rings. The zero-order valence-corrected chi connectivity index (χ0v) is 14.7. The summed E-state index contributed by atoms with van der Waals surface area (Å²) in [4.78, 5) is 5.43. The first kappa shape index (κ1) is 16.9. The molecule has 0 aromatic carbocycles. The predicted molar refractivity (Wildman–Crippen MR) is 91.0 cm³/mol. The number of rotatable bonds is 5. The Hall–Kier alpha value is -0.420. The van der Waals surface area contributed by atoms with Crippen molar-refractivity contribution in [3.8, 4) is 0 Å². The van der Waals surface area contributed by atoms with Gasteiger partial charge in [0.05, 0.1) is 6.04 Å². The van der Waals surface area contributed by atoms with Crippen LogP contribution in [0, 0.1) is 5.92 Å². The van der Waals surface area contributed by atoms with E-state index in [9.17, 15) is 0 Å². The van der Waals surface area contributed by atoms with Crippen LogP contribution in [0.3, 0.4) is 0 Å². The highest BCUT2D eigenvalue weighted by Gasteiger charge is 2.27. The van der Waals surface area contributed by atoms with E-state index in [1.54, 1.807) is 7.11 Å². The monoisotopic (exact) mass is 310 g/mol. The zero-order valence-electron chi connectivity index (χ0n) is 13.9. The van der Waals surface area contributed by atoms with Crippen molar-refractivity contribution in [3.05, 3.63) is 21.9 Å². The van der Waals surface area contributed by atoms with Gasteiger partial charge in [-0.15, -0.1) is 11.3 Å². The summed E-state index contributed by atoms with van der Waals surface area (Å²) in [5.41, 5.74) is 6.32. The van der Waals surface area contributed by atoms with Gasteiger partial charge >= 0.3 is 0 Å². The van der Waals surface area contributed by atoms with E-state index in [1.807, 2.05) is 11.3 Å². The summed E-state index contributed by atoms with van der Waals surface area (Å²) in [6, 6.07) is 4.94. The maximum absolute atomic E-state index is 6.09. The van der Waals surface area contributed by atoms with Crippen molar-refractivity contribution in [2.75, 3.05) is 33.4 Å². The number of hydrogen-bond acceptors (Lipinski definition) is 4. The fourth-order valence-electron chi connectivity index (χ4n) is 3.05. The van der Waals surface area contributed by atoms with Gasteiger partial charge < -0.3 is 10.5 Å². The molecule has 0 radical (unpaired) electrons. The van der Waals surface area contributed by atoms with Crippen LogP contribution in [0.15, 0.2) is 12.1 Å². The smallest absolute Gasteiger partial charge is 0.0564 e. The SMILES string of the molecule is COCC1CCN(C(CN)c2ccc(C(C)(C)C)s2)CC1. The van der Waals surface area contributed by atoms with Gasteiger partial charge in [0.15, 0.2) is 0 Å². The second kappa shape index (κ2) is 7.23. The van der Waals surface area contributed by atoms with Crippen molar-refractivity contribution >= 4 is 11.3 Å². The molecule has 2 rings (SSSR count). The zero-order chi connectivity index (χ0) is 15.5. The molecule has 2 heterocycles. The van der Waals surface area contributed by atoms with Crippen LogP contribution in [0.5, 0.6) is 0 Å². The Balaban J connectivity index is 2.02. The Morgan fingerprint density at radius 3 is 2.48 bits per heavy atom. The van der Waals surface area contributed by atoms with Gasteiger partial charge in [0.2, 0.25) is 0 Å². The van der Waals surface area contributed by atoms with Crippen molar-refractivity contribution in [1.82, 2.24) is 4.90 Å². The van der Waals surface area contributed by atoms with E-state index in [-0.39, 0.29) is 5.41 Å². The second-order valence-electron chi connectivity index (χ2n) is 7.14. The highest BCUT2D eigenvalue weighted by atomic mass is 32.1. The number of thiophene rings is 1. The average Bonchev–Trinajstić information content (AvgIpc) is 2.91. The normalized spacial score (nSPS) is 19.9. The molecule has 1 aromatic rings. The Morgan fingerprint density at radius 2 is 2.00 bits per heavy atom. The van der Waals surface area contributed by atoms with Crippen molar-refractivity contribution in [1.29, 1.82) is 0 Å². The molecular formula is C17H30N2OS. The molecule has 0 amide bonds. The van der Waals surface area contributed by atoms with Crippen molar-refractivity contribution in [3.63, 3.8) is 0 Å². The Morgan fingerprint density at radius 1 is 1.33 bits per heavy atom. The molecule has 3 nitrogen and oxygen atoms in total. The second-order valence-corrected chi connectivity index (χ2v) is 8.25. The van der Waals surface area contributed by atoms with Gasteiger partial charge in [-0.3, -0.25) is 4.90 Å². The van der Waals surface area contributed by atoms with Crippen LogP contribution in [0.25, 0.3) is 0 Å². The lowest BCUT2D eigenvalue weighted by Crippen LogP contribution is -2.40. The van der Waals surface area contributed by atoms with E-state index in [1.165, 1.54) is 22.6 Å². The third-order valence-corrected chi connectivity index (χ3v) is 6.02. The lowest BCUT2D eigenvalue weighted by molar-refractivity contribution is 0.0818. The Kier molecular flexibility index (Phi) is 5.83. The molecule has 1 aliphatic rings. The van der Waals surface area contributed by atoms with Gasteiger partial charge in [-0.05, 0) is 49.4 Å². The van der Waals surface area contributed by atoms with Crippen molar-refractivity contribution in [2.45, 2.75) is 45.1 Å². The molecular weight excluding hydrogens is 280 g/mol. The minimum absolute atomic E-state index is 0.230. The van der Waals surface area contributed by atoms with Gasteiger partial charge in [-0.2, -0.15) is 0 Å². The van der Waals surface area contributed by atoms with Gasteiger partial charge in [-0.25, -0.2) is 0 Å². The fourth-order valence-corrected chi connectivity index (χ4v) is 4.26. The number of piperidine rings is 1. The molecule has 21 heavy (non-hydrogen) atoms. The van der Waals surface area contributed by atoms with Crippen LogP contribution in [0.4, 0.5) is 0 Å². The van der Waals surface area contributed by atoms with Crippen LogP contribution >= 0.6 is 11.3 Å². The number of nitrogens with zero attached hydrogens (tertiary/aromatic N) is 1. The quantitative estimate of drug-likeness (QED) is 0.906. The molecule has 1 aliphatic heterocycles. The molecule has 1 unspecified atom stereocenters. The summed E-state index contributed by atoms with van der Waals surface area (Å²) in [6.07, 6.45) is 2.45. The minimum Gasteiger partial charge on any atom is -0.384 e. The number of ether oxygens (including phenoxy) is 1. The van der Waals surface area contributed by atoms with Crippen LogP contribution in [0.2, 0.25) is 0 Å². The summed E-state index contributed by atoms with van der Waals surface area (Å²) >= 11 is 1.93. The number of nitrogens with two attached hydrogens (primary N) is 1. The van der Waals surface area contributed by atoms with Gasteiger partial charge in [0.25, 0.3) is 0 Å². The van der Waals surface area contributed by atoms with Gasteiger partial charge in [0, 0.05) is 30.0 Å². The number of methoxy groups -OCH3 is 1. The highest BCUT2D eigenvalue weighted by molar-refractivity contribution is 7.12. The third kappa shape index (κ3) is 4.28. The molecule has 0 spiro atoms. The summed E-state index contributed by atoms with van der Waals surface area (Å²) in [5, 5.41) is 0. The van der Waals surface area contributed by atoms with Crippen LogP contribution < -0.4 is 5.73 Å². The first-order chi connectivity index (χ1) is 9.95. The van der Waals surface area contributed by atoms with Crippen LogP contribution in [-0.4, -0.2) is 38.3 Å². The molecule has 1 atom stereocenters. The van der Waals surface area contributed by atoms with E-state index < -0.39 is 0 Å². The van der Waals surface area contributed by atoms with E-state index in [4.69, 9.17) is 10.5 Å². The molecule has 0 bridgehead atoms. The summed E-state index contributed by atoms with van der Waals surface area (Å²) in [6.45, 7) is 10.7. The highest BCUT2D eigenvalue weighted by Crippen LogP contribution is 2.35. The standard InChI is InChI=1S/C17H30N2OS/c1-17(2,3)16-6-5-15(21-16)14(11-18)19-9-7-13(8-10-19)12-20-4/h5-6,13-14H,7-12,18H2,1-4H3. The number of likely N-dealkylation sites (tertiary alicyclic amines) is 1. The lowest BCUT2D eigenvalue weighted by atomic mass is 9.94. The van der Waals surface area contributed by atoms with Crippen molar-refractivity contribution in [2.24, 2.45) is 11.7 Å². The van der Waals surface area contributed by atoms with E-state index in [0.29, 0.717) is 12.6 Å².